The van der Waals surface area contributed by atoms with E-state index in [1.807, 2.05) is 16.5 Å². The fraction of sp³-hybridized carbons (Fsp3) is 0.765. The molecule has 2 amide bonds. The minimum atomic E-state index is -0.372. The van der Waals surface area contributed by atoms with Crippen LogP contribution in [-0.2, 0) is 16.6 Å². The highest BCUT2D eigenvalue weighted by Gasteiger charge is 2.36. The van der Waals surface area contributed by atoms with Gasteiger partial charge in [0.2, 0.25) is 11.8 Å². The Kier molecular flexibility index (Phi) is 5.16. The van der Waals surface area contributed by atoms with Crippen molar-refractivity contribution in [1.29, 1.82) is 0 Å². The fourth-order valence-corrected chi connectivity index (χ4v) is 4.14. The van der Waals surface area contributed by atoms with E-state index in [0.29, 0.717) is 6.54 Å². The SMILES string of the molecule is CC(=O)N[C@H](C(=O)N1CCC[C@H](c2nncn2C)C1)C1CCCC1. The van der Waals surface area contributed by atoms with E-state index in [9.17, 15) is 9.59 Å². The standard InChI is InChI=1S/C17H27N5O2/c1-12(23)19-15(13-6-3-4-7-13)17(24)22-9-5-8-14(10-22)16-20-18-11-21(16)2/h11,13-15H,3-10H2,1-2H3,(H,19,23)/t14-,15-/m0/s1. The summed E-state index contributed by atoms with van der Waals surface area (Å²) in [4.78, 5) is 26.6. The van der Waals surface area contributed by atoms with E-state index in [1.54, 1.807) is 6.33 Å². The van der Waals surface area contributed by atoms with Gasteiger partial charge in [-0.25, -0.2) is 0 Å². The van der Waals surface area contributed by atoms with E-state index in [1.165, 1.54) is 6.92 Å². The summed E-state index contributed by atoms with van der Waals surface area (Å²) in [6.45, 7) is 2.91. The normalized spacial score (nSPS) is 23.2. The number of hydrogen-bond donors (Lipinski definition) is 1. The van der Waals surface area contributed by atoms with Crippen molar-refractivity contribution in [2.24, 2.45) is 13.0 Å². The largest absolute Gasteiger partial charge is 0.344 e. The predicted octanol–water partition coefficient (Wildman–Crippen LogP) is 1.22. The molecule has 3 rings (SSSR count). The van der Waals surface area contributed by atoms with E-state index in [2.05, 4.69) is 15.5 Å². The van der Waals surface area contributed by atoms with Crippen LogP contribution in [0.25, 0.3) is 0 Å². The molecule has 1 aromatic heterocycles. The Bertz CT molecular complexity index is 594. The van der Waals surface area contributed by atoms with E-state index in [4.69, 9.17) is 0 Å². The Morgan fingerprint density at radius 1 is 1.25 bits per heavy atom. The maximum absolute atomic E-state index is 13.1. The summed E-state index contributed by atoms with van der Waals surface area (Å²) in [6.07, 6.45) is 8.03. The molecule has 2 heterocycles. The van der Waals surface area contributed by atoms with Crippen LogP contribution < -0.4 is 5.32 Å². The fourth-order valence-electron chi connectivity index (χ4n) is 4.14. The van der Waals surface area contributed by atoms with Gasteiger partial charge in [0.25, 0.3) is 0 Å². The summed E-state index contributed by atoms with van der Waals surface area (Å²) >= 11 is 0. The van der Waals surface area contributed by atoms with Crippen LogP contribution in [0.2, 0.25) is 0 Å². The number of likely N-dealkylation sites (tertiary alicyclic amines) is 1. The molecule has 1 aliphatic heterocycles. The highest BCUT2D eigenvalue weighted by atomic mass is 16.2. The summed E-state index contributed by atoms with van der Waals surface area (Å²) < 4.78 is 1.93. The average molecular weight is 333 g/mol. The van der Waals surface area contributed by atoms with Crippen molar-refractivity contribution < 1.29 is 9.59 Å². The second kappa shape index (κ2) is 7.32. The van der Waals surface area contributed by atoms with Gasteiger partial charge in [-0.15, -0.1) is 10.2 Å². The number of amides is 2. The average Bonchev–Trinajstić information content (AvgIpc) is 3.23. The molecular formula is C17H27N5O2. The number of carbonyl (C=O) groups excluding carboxylic acids is 2. The third-order valence-corrected chi connectivity index (χ3v) is 5.34. The molecule has 1 saturated carbocycles. The van der Waals surface area contributed by atoms with Crippen LogP contribution in [0, 0.1) is 5.92 Å². The second-order valence-corrected chi connectivity index (χ2v) is 7.15. The quantitative estimate of drug-likeness (QED) is 0.898. The number of rotatable bonds is 4. The van der Waals surface area contributed by atoms with Crippen LogP contribution in [0.4, 0.5) is 0 Å². The summed E-state index contributed by atoms with van der Waals surface area (Å²) in [5, 5.41) is 11.1. The number of hydrogen-bond acceptors (Lipinski definition) is 4. The number of aryl methyl sites for hydroxylation is 1. The van der Waals surface area contributed by atoms with Gasteiger partial charge in [-0.3, -0.25) is 9.59 Å². The van der Waals surface area contributed by atoms with E-state index >= 15 is 0 Å². The molecule has 2 atom stereocenters. The number of aromatic nitrogens is 3. The third kappa shape index (κ3) is 3.60. The molecule has 0 unspecified atom stereocenters. The molecule has 1 N–H and O–H groups in total. The van der Waals surface area contributed by atoms with Crippen LogP contribution in [0.5, 0.6) is 0 Å². The molecule has 24 heavy (non-hydrogen) atoms. The Morgan fingerprint density at radius 3 is 2.62 bits per heavy atom. The Balaban J connectivity index is 1.71. The molecule has 1 aromatic rings. The molecule has 7 nitrogen and oxygen atoms in total. The molecule has 1 saturated heterocycles. The highest BCUT2D eigenvalue weighted by Crippen LogP contribution is 2.31. The van der Waals surface area contributed by atoms with Gasteiger partial charge in [0, 0.05) is 33.0 Å². The summed E-state index contributed by atoms with van der Waals surface area (Å²) in [7, 11) is 1.94. The van der Waals surface area contributed by atoms with Crippen molar-refractivity contribution in [1.82, 2.24) is 25.0 Å². The van der Waals surface area contributed by atoms with Gasteiger partial charge in [-0.05, 0) is 31.6 Å². The molecule has 2 aliphatic rings. The molecule has 7 heteroatoms. The van der Waals surface area contributed by atoms with E-state index < -0.39 is 0 Å². The van der Waals surface area contributed by atoms with Crippen LogP contribution in [0.3, 0.4) is 0 Å². The molecule has 0 bridgehead atoms. The van der Waals surface area contributed by atoms with Crippen molar-refractivity contribution >= 4 is 11.8 Å². The lowest BCUT2D eigenvalue weighted by atomic mass is 9.93. The summed E-state index contributed by atoms with van der Waals surface area (Å²) in [5.74, 6) is 1.38. The van der Waals surface area contributed by atoms with Gasteiger partial charge in [0.1, 0.15) is 18.2 Å². The van der Waals surface area contributed by atoms with Crippen LogP contribution in [0.15, 0.2) is 6.33 Å². The lowest BCUT2D eigenvalue weighted by molar-refractivity contribution is -0.138. The third-order valence-electron chi connectivity index (χ3n) is 5.34. The maximum atomic E-state index is 13.1. The van der Waals surface area contributed by atoms with Gasteiger partial charge < -0.3 is 14.8 Å². The van der Waals surface area contributed by atoms with Crippen LogP contribution in [0.1, 0.15) is 57.2 Å². The number of nitrogens with zero attached hydrogens (tertiary/aromatic N) is 4. The molecular weight excluding hydrogens is 306 g/mol. The summed E-state index contributed by atoms with van der Waals surface area (Å²) in [5.41, 5.74) is 0. The number of piperidine rings is 1. The van der Waals surface area contributed by atoms with Gasteiger partial charge >= 0.3 is 0 Å². The van der Waals surface area contributed by atoms with Gasteiger partial charge in [0.05, 0.1) is 0 Å². The zero-order valence-electron chi connectivity index (χ0n) is 14.6. The van der Waals surface area contributed by atoms with Crippen molar-refractivity contribution in [2.75, 3.05) is 13.1 Å². The Hall–Kier alpha value is -1.92. The van der Waals surface area contributed by atoms with Gasteiger partial charge in [-0.1, -0.05) is 12.8 Å². The molecule has 0 spiro atoms. The predicted molar refractivity (Wildman–Crippen MR) is 89.1 cm³/mol. The van der Waals surface area contributed by atoms with Gasteiger partial charge in [0.15, 0.2) is 0 Å². The van der Waals surface area contributed by atoms with Gasteiger partial charge in [-0.2, -0.15) is 0 Å². The first-order chi connectivity index (χ1) is 11.6. The Morgan fingerprint density at radius 2 is 2.00 bits per heavy atom. The van der Waals surface area contributed by atoms with Crippen molar-refractivity contribution in [3.05, 3.63) is 12.2 Å². The number of nitrogens with one attached hydrogen (secondary N) is 1. The topological polar surface area (TPSA) is 80.1 Å². The van der Waals surface area contributed by atoms with Crippen molar-refractivity contribution in [2.45, 2.75) is 57.4 Å². The maximum Gasteiger partial charge on any atom is 0.245 e. The minimum absolute atomic E-state index is 0.0731. The monoisotopic (exact) mass is 333 g/mol. The Labute approximate surface area is 142 Å². The van der Waals surface area contributed by atoms with Crippen molar-refractivity contribution in [3.63, 3.8) is 0 Å². The first kappa shape index (κ1) is 16.9. The molecule has 132 valence electrons. The number of carbonyl (C=O) groups is 2. The van der Waals surface area contributed by atoms with Crippen molar-refractivity contribution in [3.8, 4) is 0 Å². The highest BCUT2D eigenvalue weighted by molar-refractivity contribution is 5.87. The lowest BCUT2D eigenvalue weighted by Crippen LogP contribution is -2.53. The van der Waals surface area contributed by atoms with E-state index in [0.717, 1.165) is 50.9 Å². The van der Waals surface area contributed by atoms with E-state index in [-0.39, 0.29) is 29.7 Å². The molecule has 1 aliphatic carbocycles. The zero-order chi connectivity index (χ0) is 17.1. The summed E-state index contributed by atoms with van der Waals surface area (Å²) in [6, 6.07) is -0.372. The molecule has 0 aromatic carbocycles. The molecule has 2 fully saturated rings. The second-order valence-electron chi connectivity index (χ2n) is 7.15. The lowest BCUT2D eigenvalue weighted by Gasteiger charge is -2.36. The zero-order valence-corrected chi connectivity index (χ0v) is 14.6. The molecule has 0 radical (unpaired) electrons. The smallest absolute Gasteiger partial charge is 0.245 e. The van der Waals surface area contributed by atoms with Crippen LogP contribution >= 0.6 is 0 Å². The minimum Gasteiger partial charge on any atom is -0.344 e. The first-order valence-corrected chi connectivity index (χ1v) is 8.96. The first-order valence-electron chi connectivity index (χ1n) is 8.96. The van der Waals surface area contributed by atoms with Crippen LogP contribution in [-0.4, -0.2) is 50.6 Å².